The topological polar surface area (TPSA) is 32.3 Å². The largest absolute Gasteiger partial charge is 0.394 e. The number of hydrogen-bond acceptors (Lipinski definition) is 2. The third-order valence-corrected chi connectivity index (χ3v) is 4.88. The van der Waals surface area contributed by atoms with E-state index in [4.69, 9.17) is 0 Å². The maximum absolute atomic E-state index is 9.93. The van der Waals surface area contributed by atoms with Gasteiger partial charge in [-0.1, -0.05) is 52.3 Å². The molecule has 1 aliphatic rings. The van der Waals surface area contributed by atoms with Gasteiger partial charge in [-0.25, -0.2) is 0 Å². The minimum atomic E-state index is -0.198. The summed E-state index contributed by atoms with van der Waals surface area (Å²) < 4.78 is 1.13. The lowest BCUT2D eigenvalue weighted by atomic mass is 9.78. The van der Waals surface area contributed by atoms with Gasteiger partial charge in [-0.05, 0) is 48.1 Å². The molecule has 21 heavy (non-hydrogen) atoms. The maximum atomic E-state index is 9.93. The summed E-state index contributed by atoms with van der Waals surface area (Å²) in [4.78, 5) is 0. The van der Waals surface area contributed by atoms with E-state index >= 15 is 0 Å². The molecular formula is C18H20BrNO. The van der Waals surface area contributed by atoms with Crippen LogP contribution in [0.4, 0.5) is 0 Å². The van der Waals surface area contributed by atoms with Crippen LogP contribution in [0.25, 0.3) is 0 Å². The zero-order chi connectivity index (χ0) is 14.7. The predicted octanol–water partition coefficient (Wildman–Crippen LogP) is 3.46. The highest BCUT2D eigenvalue weighted by molar-refractivity contribution is 9.10. The predicted molar refractivity (Wildman–Crippen MR) is 89.3 cm³/mol. The fourth-order valence-electron chi connectivity index (χ4n) is 3.05. The number of aryl methyl sites for hydroxylation is 1. The molecule has 0 aliphatic heterocycles. The van der Waals surface area contributed by atoms with Crippen LogP contribution in [0.2, 0.25) is 0 Å². The van der Waals surface area contributed by atoms with Crippen molar-refractivity contribution in [1.29, 1.82) is 0 Å². The van der Waals surface area contributed by atoms with Gasteiger partial charge in [-0.3, -0.25) is 0 Å². The van der Waals surface area contributed by atoms with Gasteiger partial charge in [0.15, 0.2) is 0 Å². The number of nitrogens with one attached hydrogen (secondary N) is 1. The molecule has 2 N–H and O–H groups in total. The summed E-state index contributed by atoms with van der Waals surface area (Å²) in [5, 5.41) is 13.5. The summed E-state index contributed by atoms with van der Waals surface area (Å²) in [5.74, 6) is 0. The number of fused-ring (bicyclic) bond motifs is 1. The zero-order valence-corrected chi connectivity index (χ0v) is 13.6. The van der Waals surface area contributed by atoms with Crippen molar-refractivity contribution >= 4 is 15.9 Å². The standard InChI is InChI=1S/C18H20BrNO/c19-17-7-6-16-11-18(13-21,9-8-15(16)10-17)20-12-14-4-2-1-3-5-14/h1-7,10,20-21H,8-9,11-13H2. The average molecular weight is 346 g/mol. The van der Waals surface area contributed by atoms with Crippen molar-refractivity contribution in [3.05, 3.63) is 69.7 Å². The SMILES string of the molecule is OCC1(NCc2ccccc2)CCc2cc(Br)ccc2C1. The summed E-state index contributed by atoms with van der Waals surface area (Å²) in [7, 11) is 0. The second-order valence-corrected chi connectivity index (χ2v) is 6.78. The molecular weight excluding hydrogens is 326 g/mol. The van der Waals surface area contributed by atoms with E-state index in [1.165, 1.54) is 16.7 Å². The Morgan fingerprint density at radius 2 is 1.90 bits per heavy atom. The van der Waals surface area contributed by atoms with E-state index in [1.54, 1.807) is 0 Å². The highest BCUT2D eigenvalue weighted by atomic mass is 79.9. The molecule has 0 aromatic heterocycles. The molecule has 1 aliphatic carbocycles. The Hall–Kier alpha value is -1.16. The van der Waals surface area contributed by atoms with Crippen molar-refractivity contribution < 1.29 is 5.11 Å². The number of rotatable bonds is 4. The first-order valence-electron chi connectivity index (χ1n) is 7.38. The Morgan fingerprint density at radius 1 is 1.10 bits per heavy atom. The van der Waals surface area contributed by atoms with Crippen LogP contribution in [0.15, 0.2) is 53.0 Å². The first-order chi connectivity index (χ1) is 10.2. The van der Waals surface area contributed by atoms with Gasteiger partial charge in [0.1, 0.15) is 0 Å². The Morgan fingerprint density at radius 3 is 2.67 bits per heavy atom. The fraction of sp³-hybridized carbons (Fsp3) is 0.333. The van der Waals surface area contributed by atoms with E-state index < -0.39 is 0 Å². The molecule has 2 aromatic carbocycles. The summed E-state index contributed by atoms with van der Waals surface area (Å²) in [6.45, 7) is 0.975. The number of benzene rings is 2. The minimum absolute atomic E-state index is 0.176. The van der Waals surface area contributed by atoms with Crippen LogP contribution in [0, 0.1) is 0 Å². The Balaban J connectivity index is 1.74. The molecule has 0 saturated carbocycles. The van der Waals surface area contributed by atoms with Crippen molar-refractivity contribution in [1.82, 2.24) is 5.32 Å². The van der Waals surface area contributed by atoms with Gasteiger partial charge in [-0.15, -0.1) is 0 Å². The van der Waals surface area contributed by atoms with Crippen LogP contribution in [0.5, 0.6) is 0 Å². The molecule has 3 heteroatoms. The second-order valence-electron chi connectivity index (χ2n) is 5.87. The Kier molecular flexibility index (Phi) is 4.43. The Labute approximate surface area is 134 Å². The van der Waals surface area contributed by atoms with Gasteiger partial charge in [0.2, 0.25) is 0 Å². The lowest BCUT2D eigenvalue weighted by Gasteiger charge is -2.38. The molecule has 0 amide bonds. The number of halogens is 1. The van der Waals surface area contributed by atoms with E-state index in [9.17, 15) is 5.11 Å². The fourth-order valence-corrected chi connectivity index (χ4v) is 3.46. The van der Waals surface area contributed by atoms with Gasteiger partial charge in [0.25, 0.3) is 0 Å². The highest BCUT2D eigenvalue weighted by Crippen LogP contribution is 2.30. The van der Waals surface area contributed by atoms with Gasteiger partial charge < -0.3 is 10.4 Å². The molecule has 1 atom stereocenters. The smallest absolute Gasteiger partial charge is 0.0616 e. The molecule has 0 heterocycles. The maximum Gasteiger partial charge on any atom is 0.0616 e. The molecule has 0 bridgehead atoms. The monoisotopic (exact) mass is 345 g/mol. The normalized spacial score (nSPS) is 21.0. The van der Waals surface area contributed by atoms with E-state index in [0.29, 0.717) is 0 Å². The molecule has 2 aromatic rings. The van der Waals surface area contributed by atoms with Crippen molar-refractivity contribution in [2.24, 2.45) is 0 Å². The Bertz CT molecular complexity index is 614. The van der Waals surface area contributed by atoms with Gasteiger partial charge in [-0.2, -0.15) is 0 Å². The number of hydrogen-bond donors (Lipinski definition) is 2. The average Bonchev–Trinajstić information content (AvgIpc) is 2.54. The summed E-state index contributed by atoms with van der Waals surface area (Å²) in [6.07, 6.45) is 2.87. The summed E-state index contributed by atoms with van der Waals surface area (Å²) in [6, 6.07) is 16.8. The van der Waals surface area contributed by atoms with Crippen LogP contribution in [-0.4, -0.2) is 17.3 Å². The van der Waals surface area contributed by atoms with Crippen molar-refractivity contribution in [2.45, 2.75) is 31.3 Å². The van der Waals surface area contributed by atoms with Crippen LogP contribution >= 0.6 is 15.9 Å². The third kappa shape index (κ3) is 3.37. The number of aliphatic hydroxyl groups excluding tert-OH is 1. The first kappa shape index (κ1) is 14.8. The molecule has 0 fully saturated rings. The van der Waals surface area contributed by atoms with Crippen molar-refractivity contribution in [2.75, 3.05) is 6.61 Å². The quantitative estimate of drug-likeness (QED) is 0.889. The van der Waals surface area contributed by atoms with E-state index in [-0.39, 0.29) is 12.1 Å². The lowest BCUT2D eigenvalue weighted by Crippen LogP contribution is -2.52. The van der Waals surface area contributed by atoms with E-state index in [0.717, 1.165) is 30.3 Å². The zero-order valence-electron chi connectivity index (χ0n) is 12.0. The lowest BCUT2D eigenvalue weighted by molar-refractivity contribution is 0.143. The van der Waals surface area contributed by atoms with Crippen LogP contribution in [-0.2, 0) is 19.4 Å². The molecule has 3 rings (SSSR count). The molecule has 0 saturated heterocycles. The third-order valence-electron chi connectivity index (χ3n) is 4.38. The molecule has 0 spiro atoms. The molecule has 110 valence electrons. The molecule has 1 unspecified atom stereocenters. The molecule has 0 radical (unpaired) electrons. The van der Waals surface area contributed by atoms with Gasteiger partial charge in [0.05, 0.1) is 6.61 Å². The van der Waals surface area contributed by atoms with Crippen molar-refractivity contribution in [3.8, 4) is 0 Å². The highest BCUT2D eigenvalue weighted by Gasteiger charge is 2.33. The van der Waals surface area contributed by atoms with Crippen LogP contribution in [0.3, 0.4) is 0 Å². The molecule has 2 nitrogen and oxygen atoms in total. The second kappa shape index (κ2) is 6.30. The minimum Gasteiger partial charge on any atom is -0.394 e. The van der Waals surface area contributed by atoms with Crippen molar-refractivity contribution in [3.63, 3.8) is 0 Å². The summed E-state index contributed by atoms with van der Waals surface area (Å²) in [5.41, 5.74) is 3.80. The van der Waals surface area contributed by atoms with Gasteiger partial charge in [0, 0.05) is 16.6 Å². The van der Waals surface area contributed by atoms with E-state index in [1.807, 2.05) is 6.07 Å². The first-order valence-corrected chi connectivity index (χ1v) is 8.17. The van der Waals surface area contributed by atoms with Crippen LogP contribution < -0.4 is 5.32 Å². The summed E-state index contributed by atoms with van der Waals surface area (Å²) >= 11 is 3.53. The van der Waals surface area contributed by atoms with E-state index in [2.05, 4.69) is 63.7 Å². The van der Waals surface area contributed by atoms with Gasteiger partial charge >= 0.3 is 0 Å². The van der Waals surface area contributed by atoms with Crippen LogP contribution in [0.1, 0.15) is 23.1 Å². The number of aliphatic hydroxyl groups is 1.